The number of hydrogen-bond acceptors (Lipinski definition) is 4. The first-order chi connectivity index (χ1) is 12.2. The summed E-state index contributed by atoms with van der Waals surface area (Å²) in [7, 11) is 0. The van der Waals surface area contributed by atoms with Crippen LogP contribution in [-0.2, 0) is 19.2 Å². The summed E-state index contributed by atoms with van der Waals surface area (Å²) < 4.78 is 0. The predicted molar refractivity (Wildman–Crippen MR) is 87.9 cm³/mol. The lowest BCUT2D eigenvalue weighted by Gasteiger charge is -2.15. The molecule has 0 aliphatic heterocycles. The molecular formula is C18H14O8. The molecule has 2 aromatic carbocycles. The van der Waals surface area contributed by atoms with Crippen LogP contribution in [0, 0.1) is 0 Å². The second-order valence-corrected chi connectivity index (χ2v) is 5.47. The highest BCUT2D eigenvalue weighted by molar-refractivity contribution is 6.01. The van der Waals surface area contributed by atoms with Crippen LogP contribution < -0.4 is 0 Å². The summed E-state index contributed by atoms with van der Waals surface area (Å²) in [5.41, 5.74) is 0.445. The van der Waals surface area contributed by atoms with E-state index in [2.05, 4.69) is 0 Å². The molecule has 0 amide bonds. The van der Waals surface area contributed by atoms with Gasteiger partial charge in [0.15, 0.2) is 11.8 Å². The molecule has 134 valence electrons. The molecule has 26 heavy (non-hydrogen) atoms. The van der Waals surface area contributed by atoms with Crippen LogP contribution in [0.2, 0.25) is 0 Å². The summed E-state index contributed by atoms with van der Waals surface area (Å²) in [6.45, 7) is 0. The molecule has 0 unspecified atom stereocenters. The molecule has 0 bridgehead atoms. The van der Waals surface area contributed by atoms with Gasteiger partial charge in [0.25, 0.3) is 0 Å². The molecule has 8 heteroatoms. The van der Waals surface area contributed by atoms with Crippen molar-refractivity contribution in [2.75, 3.05) is 0 Å². The molecule has 0 saturated heterocycles. The van der Waals surface area contributed by atoms with Gasteiger partial charge in [-0.3, -0.25) is 19.2 Å². The molecule has 0 fully saturated rings. The van der Waals surface area contributed by atoms with Crippen LogP contribution in [0.15, 0.2) is 48.5 Å². The Morgan fingerprint density at radius 2 is 0.962 bits per heavy atom. The first kappa shape index (κ1) is 18.7. The lowest BCUT2D eigenvalue weighted by molar-refractivity contribution is -0.151. The van der Waals surface area contributed by atoms with E-state index in [1.807, 2.05) is 0 Å². The predicted octanol–water partition coefficient (Wildman–Crippen LogP) is 1.86. The lowest BCUT2D eigenvalue weighted by atomic mass is 9.88. The molecule has 0 radical (unpaired) electrons. The summed E-state index contributed by atoms with van der Waals surface area (Å²) >= 11 is 0. The number of aliphatic carboxylic acids is 4. The van der Waals surface area contributed by atoms with Gasteiger partial charge in [-0.2, -0.15) is 0 Å². The van der Waals surface area contributed by atoms with E-state index in [0.717, 1.165) is 6.07 Å². The quantitative estimate of drug-likeness (QED) is 0.548. The fourth-order valence-corrected chi connectivity index (χ4v) is 2.59. The first-order valence-corrected chi connectivity index (χ1v) is 7.34. The van der Waals surface area contributed by atoms with Crippen LogP contribution in [0.1, 0.15) is 23.0 Å². The molecule has 0 aliphatic carbocycles. The van der Waals surface area contributed by atoms with Crippen molar-refractivity contribution in [1.29, 1.82) is 0 Å². The zero-order valence-electron chi connectivity index (χ0n) is 13.2. The summed E-state index contributed by atoms with van der Waals surface area (Å²) in [5.74, 6) is -10.5. The van der Waals surface area contributed by atoms with Crippen molar-refractivity contribution in [2.24, 2.45) is 0 Å². The highest BCUT2D eigenvalue weighted by Gasteiger charge is 2.33. The van der Waals surface area contributed by atoms with Crippen molar-refractivity contribution >= 4 is 23.9 Å². The van der Waals surface area contributed by atoms with E-state index >= 15 is 0 Å². The van der Waals surface area contributed by atoms with Crippen molar-refractivity contribution in [3.05, 3.63) is 59.7 Å². The zero-order chi connectivity index (χ0) is 19.4. The summed E-state index contributed by atoms with van der Waals surface area (Å²) in [6, 6.07) is 12.0. The van der Waals surface area contributed by atoms with E-state index in [-0.39, 0.29) is 11.1 Å². The number of benzene rings is 2. The minimum atomic E-state index is -1.96. The van der Waals surface area contributed by atoms with Gasteiger partial charge < -0.3 is 20.4 Å². The molecule has 0 aromatic heterocycles. The van der Waals surface area contributed by atoms with E-state index < -0.39 is 35.7 Å². The highest BCUT2D eigenvalue weighted by Crippen LogP contribution is 2.30. The maximum Gasteiger partial charge on any atom is 0.322 e. The van der Waals surface area contributed by atoms with Crippen molar-refractivity contribution in [3.8, 4) is 11.1 Å². The van der Waals surface area contributed by atoms with E-state index in [0.29, 0.717) is 11.1 Å². The normalized spacial score (nSPS) is 10.7. The van der Waals surface area contributed by atoms with Crippen LogP contribution in [-0.4, -0.2) is 44.3 Å². The van der Waals surface area contributed by atoms with E-state index in [4.69, 9.17) is 0 Å². The van der Waals surface area contributed by atoms with Gasteiger partial charge in [0.05, 0.1) is 0 Å². The van der Waals surface area contributed by atoms with Gasteiger partial charge in [-0.25, -0.2) is 0 Å². The highest BCUT2D eigenvalue weighted by atomic mass is 16.4. The van der Waals surface area contributed by atoms with Crippen LogP contribution in [0.25, 0.3) is 11.1 Å². The van der Waals surface area contributed by atoms with Crippen molar-refractivity contribution in [2.45, 2.75) is 11.8 Å². The molecule has 0 atom stereocenters. The van der Waals surface area contributed by atoms with Crippen molar-refractivity contribution in [1.82, 2.24) is 0 Å². The van der Waals surface area contributed by atoms with Crippen LogP contribution >= 0.6 is 0 Å². The number of hydrogen-bond donors (Lipinski definition) is 4. The van der Waals surface area contributed by atoms with E-state index in [1.165, 1.54) is 12.1 Å². The Hall–Kier alpha value is -3.68. The topological polar surface area (TPSA) is 149 Å². The van der Waals surface area contributed by atoms with Gasteiger partial charge in [-0.15, -0.1) is 0 Å². The Bertz CT molecular complexity index is 794. The number of rotatable bonds is 7. The SMILES string of the molecule is O=C(O)C(C(=O)O)c1cc(-c2ccccc2)cc(C(C(=O)O)C(=O)O)c1. The van der Waals surface area contributed by atoms with Gasteiger partial charge >= 0.3 is 23.9 Å². The molecule has 0 aliphatic rings. The van der Waals surface area contributed by atoms with Gasteiger partial charge in [0, 0.05) is 0 Å². The van der Waals surface area contributed by atoms with Gasteiger partial charge in [-0.1, -0.05) is 36.4 Å². The van der Waals surface area contributed by atoms with Gasteiger partial charge in [-0.05, 0) is 34.4 Å². The lowest BCUT2D eigenvalue weighted by Crippen LogP contribution is -2.24. The second-order valence-electron chi connectivity index (χ2n) is 5.47. The number of carboxylic acids is 4. The zero-order valence-corrected chi connectivity index (χ0v) is 13.2. The Balaban J connectivity index is 2.74. The largest absolute Gasteiger partial charge is 0.480 e. The Labute approximate surface area is 147 Å². The summed E-state index contributed by atoms with van der Waals surface area (Å²) in [6.07, 6.45) is 0. The second kappa shape index (κ2) is 7.47. The molecule has 0 spiro atoms. The fourth-order valence-electron chi connectivity index (χ4n) is 2.59. The summed E-state index contributed by atoms with van der Waals surface area (Å²) in [5, 5.41) is 36.8. The Kier molecular flexibility index (Phi) is 5.36. The number of carbonyl (C=O) groups is 4. The smallest absolute Gasteiger partial charge is 0.322 e. The molecule has 4 N–H and O–H groups in total. The van der Waals surface area contributed by atoms with Crippen LogP contribution in [0.4, 0.5) is 0 Å². The number of carboxylic acid groups (broad SMARTS) is 4. The maximum atomic E-state index is 11.3. The molecule has 0 heterocycles. The molecule has 0 saturated carbocycles. The van der Waals surface area contributed by atoms with E-state index in [9.17, 15) is 39.6 Å². The van der Waals surface area contributed by atoms with E-state index in [1.54, 1.807) is 30.3 Å². The fraction of sp³-hybridized carbons (Fsp3) is 0.111. The third-order valence-electron chi connectivity index (χ3n) is 3.74. The van der Waals surface area contributed by atoms with Gasteiger partial charge in [0.1, 0.15) is 0 Å². The Morgan fingerprint density at radius 1 is 0.577 bits per heavy atom. The monoisotopic (exact) mass is 358 g/mol. The third kappa shape index (κ3) is 3.86. The average molecular weight is 358 g/mol. The van der Waals surface area contributed by atoms with Crippen LogP contribution in [0.5, 0.6) is 0 Å². The molecular weight excluding hydrogens is 344 g/mol. The standard InChI is InChI=1S/C18H14O8/c19-15(20)13(16(21)22)11-6-10(9-4-2-1-3-5-9)7-12(8-11)14(17(23)24)18(25)26/h1-8,13-14H,(H,19,20)(H,21,22)(H,23,24)(H,25,26). The minimum absolute atomic E-state index is 0.214. The molecule has 2 rings (SSSR count). The van der Waals surface area contributed by atoms with Crippen LogP contribution in [0.3, 0.4) is 0 Å². The van der Waals surface area contributed by atoms with Crippen molar-refractivity contribution < 1.29 is 39.6 Å². The molecule has 8 nitrogen and oxygen atoms in total. The first-order valence-electron chi connectivity index (χ1n) is 7.34. The Morgan fingerprint density at radius 3 is 1.31 bits per heavy atom. The minimum Gasteiger partial charge on any atom is -0.480 e. The average Bonchev–Trinajstić information content (AvgIpc) is 2.54. The molecule has 2 aromatic rings. The third-order valence-corrected chi connectivity index (χ3v) is 3.74. The van der Waals surface area contributed by atoms with Crippen molar-refractivity contribution in [3.63, 3.8) is 0 Å². The maximum absolute atomic E-state index is 11.3. The summed E-state index contributed by atoms with van der Waals surface area (Å²) in [4.78, 5) is 45.3. The van der Waals surface area contributed by atoms with Gasteiger partial charge in [0.2, 0.25) is 0 Å².